The molecule has 1 atom stereocenters. The smallest absolute Gasteiger partial charge is 0.341 e. The number of carbonyl (C=O) groups is 2. The average Bonchev–Trinajstić information content (AvgIpc) is 3.38. The van der Waals surface area contributed by atoms with E-state index in [-0.39, 0.29) is 18.1 Å². The van der Waals surface area contributed by atoms with Gasteiger partial charge in [0, 0.05) is 4.88 Å². The van der Waals surface area contributed by atoms with Gasteiger partial charge in [-0.15, -0.1) is 11.3 Å². The first-order chi connectivity index (χ1) is 18.4. The molecule has 11 heteroatoms. The quantitative estimate of drug-likeness (QED) is 0.143. The van der Waals surface area contributed by atoms with Crippen molar-refractivity contribution >= 4 is 51.0 Å². The number of anilines is 1. The van der Waals surface area contributed by atoms with Crippen molar-refractivity contribution in [1.82, 2.24) is 19.7 Å². The molecular weight excluding hydrogens is 522 g/mol. The van der Waals surface area contributed by atoms with Crippen molar-refractivity contribution in [2.24, 2.45) is 0 Å². The van der Waals surface area contributed by atoms with Gasteiger partial charge in [-0.1, -0.05) is 35.9 Å². The van der Waals surface area contributed by atoms with Crippen molar-refractivity contribution in [1.29, 1.82) is 0 Å². The molecule has 1 unspecified atom stereocenters. The first kappa shape index (κ1) is 26.2. The number of ether oxygens (including phenoxy) is 1. The highest BCUT2D eigenvalue weighted by Crippen LogP contribution is 2.38. The van der Waals surface area contributed by atoms with Gasteiger partial charge in [-0.3, -0.25) is 9.59 Å². The molecule has 0 saturated heterocycles. The van der Waals surface area contributed by atoms with Gasteiger partial charge >= 0.3 is 5.97 Å². The molecule has 0 aliphatic heterocycles. The van der Waals surface area contributed by atoms with Crippen LogP contribution in [0, 0.1) is 6.92 Å². The third kappa shape index (κ3) is 5.25. The van der Waals surface area contributed by atoms with Gasteiger partial charge in [0.25, 0.3) is 5.56 Å². The fourth-order valence-electron chi connectivity index (χ4n) is 4.51. The molecule has 0 radical (unpaired) electrons. The summed E-state index contributed by atoms with van der Waals surface area (Å²) in [5.41, 5.74) is 3.47. The number of aromatic amines is 1. The number of carbonyl (C=O) groups excluding carboxylic acids is 2. The molecule has 4 aromatic rings. The zero-order chi connectivity index (χ0) is 26.8. The molecule has 0 fully saturated rings. The molecule has 1 amide bonds. The van der Waals surface area contributed by atoms with Gasteiger partial charge in [-0.05, 0) is 64.2 Å². The molecule has 5 rings (SSSR count). The summed E-state index contributed by atoms with van der Waals surface area (Å²) in [5.74, 6) is -0.685. The highest BCUT2D eigenvalue weighted by Gasteiger charge is 2.28. The lowest BCUT2D eigenvalue weighted by molar-refractivity contribution is -0.115. The number of benzene rings is 1. The van der Waals surface area contributed by atoms with E-state index in [1.54, 1.807) is 18.5 Å². The van der Waals surface area contributed by atoms with Crippen molar-refractivity contribution in [3.05, 3.63) is 62.4 Å². The number of fused-ring (bicyclic) bond motifs is 2. The summed E-state index contributed by atoms with van der Waals surface area (Å²) in [6.07, 6.45) is 6.39. The van der Waals surface area contributed by atoms with Gasteiger partial charge < -0.3 is 15.0 Å². The number of nitrogens with zero attached hydrogens (tertiary/aromatic N) is 3. The molecule has 0 bridgehead atoms. The van der Waals surface area contributed by atoms with Gasteiger partial charge in [-0.25, -0.2) is 14.5 Å². The number of thioether (sulfide) groups is 1. The SMILES string of the molecule is CCOC(=O)c1c(NC(=O)C(C)Sc2nc3c(cnn3-c3ccc(C)cc3)c(=O)[nH]2)sc2c1CCCCC2. The number of aromatic nitrogens is 4. The summed E-state index contributed by atoms with van der Waals surface area (Å²) < 4.78 is 6.94. The number of thiophene rings is 1. The van der Waals surface area contributed by atoms with Gasteiger partial charge in [0.05, 0.1) is 29.3 Å². The highest BCUT2D eigenvalue weighted by molar-refractivity contribution is 8.00. The zero-order valence-corrected chi connectivity index (χ0v) is 23.1. The standard InChI is InChI=1S/C27H29N5O4S2/c1-4-36-26(35)21-18-8-6-5-7-9-20(18)38-25(21)30-23(33)16(3)37-27-29-22-19(24(34)31-27)14-28-32(22)17-12-10-15(2)11-13-17/h10-14,16H,4-9H2,1-3H3,(H,30,33)(H,29,31,34). The number of nitrogens with one attached hydrogen (secondary N) is 2. The summed E-state index contributed by atoms with van der Waals surface area (Å²) in [5, 5.41) is 7.92. The molecule has 9 nitrogen and oxygen atoms in total. The van der Waals surface area contributed by atoms with Crippen LogP contribution in [-0.2, 0) is 22.4 Å². The molecule has 3 aromatic heterocycles. The Labute approximate surface area is 228 Å². The van der Waals surface area contributed by atoms with Gasteiger partial charge in [0.2, 0.25) is 5.91 Å². The number of aryl methyl sites for hydroxylation is 2. The van der Waals surface area contributed by atoms with Crippen LogP contribution < -0.4 is 10.9 Å². The molecule has 0 saturated carbocycles. The lowest BCUT2D eigenvalue weighted by Gasteiger charge is -2.12. The summed E-state index contributed by atoms with van der Waals surface area (Å²) in [6.45, 7) is 5.78. The van der Waals surface area contributed by atoms with Crippen LogP contribution in [0.1, 0.15) is 59.5 Å². The molecule has 1 aliphatic rings. The Kier molecular flexibility index (Phi) is 7.66. The summed E-state index contributed by atoms with van der Waals surface area (Å²) in [4.78, 5) is 47.3. The average molecular weight is 552 g/mol. The van der Waals surface area contributed by atoms with Crippen molar-refractivity contribution in [3.63, 3.8) is 0 Å². The van der Waals surface area contributed by atoms with E-state index in [9.17, 15) is 14.4 Å². The van der Waals surface area contributed by atoms with E-state index in [1.165, 1.54) is 17.5 Å². The van der Waals surface area contributed by atoms with E-state index in [0.717, 1.165) is 65.6 Å². The van der Waals surface area contributed by atoms with Crippen LogP contribution in [0.3, 0.4) is 0 Å². The predicted octanol–water partition coefficient (Wildman–Crippen LogP) is 5.04. The second-order valence-electron chi connectivity index (χ2n) is 9.24. The Morgan fingerprint density at radius 3 is 2.74 bits per heavy atom. The topological polar surface area (TPSA) is 119 Å². The molecule has 3 heterocycles. The lowest BCUT2D eigenvalue weighted by atomic mass is 10.1. The number of amides is 1. The van der Waals surface area contributed by atoms with Crippen molar-refractivity contribution in [2.75, 3.05) is 11.9 Å². The molecule has 198 valence electrons. The van der Waals surface area contributed by atoms with Crippen molar-refractivity contribution < 1.29 is 14.3 Å². The maximum absolute atomic E-state index is 13.2. The second kappa shape index (κ2) is 11.1. The Morgan fingerprint density at radius 1 is 1.21 bits per heavy atom. The second-order valence-corrected chi connectivity index (χ2v) is 11.7. The van der Waals surface area contributed by atoms with E-state index >= 15 is 0 Å². The number of esters is 1. The van der Waals surface area contributed by atoms with Crippen LogP contribution in [0.2, 0.25) is 0 Å². The third-order valence-corrected chi connectivity index (χ3v) is 8.68. The van der Waals surface area contributed by atoms with Crippen LogP contribution in [0.5, 0.6) is 0 Å². The predicted molar refractivity (Wildman–Crippen MR) is 150 cm³/mol. The number of H-pyrrole nitrogens is 1. The van der Waals surface area contributed by atoms with E-state index in [4.69, 9.17) is 4.74 Å². The fourth-order valence-corrected chi connectivity index (χ4v) is 6.59. The Morgan fingerprint density at radius 2 is 1.97 bits per heavy atom. The van der Waals surface area contributed by atoms with Crippen LogP contribution in [0.15, 0.2) is 40.4 Å². The zero-order valence-electron chi connectivity index (χ0n) is 21.5. The highest BCUT2D eigenvalue weighted by atomic mass is 32.2. The summed E-state index contributed by atoms with van der Waals surface area (Å²) in [6, 6.07) is 7.76. The van der Waals surface area contributed by atoms with E-state index in [0.29, 0.717) is 26.8 Å². The van der Waals surface area contributed by atoms with Crippen molar-refractivity contribution in [2.45, 2.75) is 63.3 Å². The fraction of sp³-hybridized carbons (Fsp3) is 0.370. The molecule has 2 N–H and O–H groups in total. The molecule has 1 aromatic carbocycles. The van der Waals surface area contributed by atoms with E-state index < -0.39 is 11.2 Å². The molecule has 38 heavy (non-hydrogen) atoms. The number of hydrogen-bond donors (Lipinski definition) is 2. The first-order valence-corrected chi connectivity index (χ1v) is 14.4. The molecular formula is C27H29N5O4S2. The summed E-state index contributed by atoms with van der Waals surface area (Å²) >= 11 is 2.60. The Balaban J connectivity index is 1.39. The summed E-state index contributed by atoms with van der Waals surface area (Å²) in [7, 11) is 0. The number of rotatable bonds is 7. The van der Waals surface area contributed by atoms with Crippen LogP contribution in [0.25, 0.3) is 16.7 Å². The minimum absolute atomic E-state index is 0.268. The normalized spacial score (nSPS) is 14.1. The monoisotopic (exact) mass is 551 g/mol. The van der Waals surface area contributed by atoms with Crippen LogP contribution >= 0.6 is 23.1 Å². The van der Waals surface area contributed by atoms with E-state index in [1.807, 2.05) is 31.2 Å². The minimum atomic E-state index is -0.594. The molecule has 0 spiro atoms. The molecule has 1 aliphatic carbocycles. The van der Waals surface area contributed by atoms with Gasteiger partial charge in [0.15, 0.2) is 10.8 Å². The lowest BCUT2D eigenvalue weighted by Crippen LogP contribution is -2.24. The van der Waals surface area contributed by atoms with E-state index in [2.05, 4.69) is 20.4 Å². The Hall–Kier alpha value is -3.44. The Bertz CT molecular complexity index is 1550. The maximum atomic E-state index is 13.2. The number of hydrogen-bond acceptors (Lipinski definition) is 8. The van der Waals surface area contributed by atoms with Gasteiger partial charge in [0.1, 0.15) is 10.4 Å². The minimum Gasteiger partial charge on any atom is -0.462 e. The van der Waals surface area contributed by atoms with Crippen LogP contribution in [0.4, 0.5) is 5.00 Å². The van der Waals surface area contributed by atoms with Crippen molar-refractivity contribution in [3.8, 4) is 5.69 Å². The van der Waals surface area contributed by atoms with Gasteiger partial charge in [-0.2, -0.15) is 5.10 Å². The third-order valence-electron chi connectivity index (χ3n) is 6.49. The largest absolute Gasteiger partial charge is 0.462 e. The maximum Gasteiger partial charge on any atom is 0.341 e. The first-order valence-electron chi connectivity index (χ1n) is 12.7. The van der Waals surface area contributed by atoms with Crippen LogP contribution in [-0.4, -0.2) is 43.5 Å².